The van der Waals surface area contributed by atoms with E-state index in [1.807, 2.05) is 23.0 Å². The van der Waals surface area contributed by atoms with Gasteiger partial charge in [-0.3, -0.25) is 19.4 Å². The van der Waals surface area contributed by atoms with Crippen LogP contribution in [0.2, 0.25) is 0 Å². The van der Waals surface area contributed by atoms with Gasteiger partial charge in [-0.1, -0.05) is 43.4 Å². The Kier molecular flexibility index (Phi) is 6.30. The quantitative estimate of drug-likeness (QED) is 0.743. The van der Waals surface area contributed by atoms with Gasteiger partial charge in [-0.25, -0.2) is 0 Å². The number of aromatic nitrogens is 4. The first-order valence-electron chi connectivity index (χ1n) is 12.0. The van der Waals surface area contributed by atoms with Crippen molar-refractivity contribution in [3.05, 3.63) is 42.0 Å². The largest absolute Gasteiger partial charge is 0.352 e. The monoisotopic (exact) mass is 422 g/mol. The van der Waals surface area contributed by atoms with Crippen LogP contribution in [0.1, 0.15) is 56.2 Å². The van der Waals surface area contributed by atoms with E-state index in [4.69, 9.17) is 0 Å². The summed E-state index contributed by atoms with van der Waals surface area (Å²) >= 11 is 0. The number of carbonyl (C=O) groups is 1. The van der Waals surface area contributed by atoms with Gasteiger partial charge in [-0.15, -0.1) is 5.10 Å². The van der Waals surface area contributed by atoms with Crippen LogP contribution in [-0.2, 0) is 24.3 Å². The first-order chi connectivity index (χ1) is 15.2. The van der Waals surface area contributed by atoms with Crippen LogP contribution in [0.25, 0.3) is 0 Å². The van der Waals surface area contributed by atoms with Crippen LogP contribution >= 0.6 is 0 Å². The van der Waals surface area contributed by atoms with Crippen molar-refractivity contribution in [1.82, 2.24) is 30.2 Å². The van der Waals surface area contributed by atoms with Crippen LogP contribution in [0.4, 0.5) is 0 Å². The lowest BCUT2D eigenvalue weighted by molar-refractivity contribution is -0.133. The van der Waals surface area contributed by atoms with Crippen LogP contribution in [0.5, 0.6) is 0 Å². The highest BCUT2D eigenvalue weighted by Crippen LogP contribution is 2.37. The number of piperidine rings is 3. The molecule has 31 heavy (non-hydrogen) atoms. The molecule has 3 saturated heterocycles. The van der Waals surface area contributed by atoms with Crippen molar-refractivity contribution >= 4 is 5.91 Å². The van der Waals surface area contributed by atoms with E-state index in [0.29, 0.717) is 18.5 Å². The van der Waals surface area contributed by atoms with Gasteiger partial charge in [-0.2, -0.15) is 0 Å². The summed E-state index contributed by atoms with van der Waals surface area (Å²) in [5, 5.41) is 12.0. The molecule has 4 atom stereocenters. The van der Waals surface area contributed by atoms with Gasteiger partial charge >= 0.3 is 0 Å². The fourth-order valence-electron chi connectivity index (χ4n) is 5.87. The van der Waals surface area contributed by atoms with Gasteiger partial charge < -0.3 is 5.32 Å². The van der Waals surface area contributed by atoms with Crippen LogP contribution in [0, 0.1) is 17.8 Å². The third kappa shape index (κ3) is 4.97. The number of carbonyl (C=O) groups excluding carboxylic acids is 1. The summed E-state index contributed by atoms with van der Waals surface area (Å²) in [6.45, 7) is 3.39. The molecule has 2 aromatic heterocycles. The van der Waals surface area contributed by atoms with Crippen molar-refractivity contribution in [2.45, 2.75) is 70.5 Å². The third-order valence-corrected chi connectivity index (χ3v) is 7.61. The molecule has 1 unspecified atom stereocenters. The number of pyridine rings is 1. The summed E-state index contributed by atoms with van der Waals surface area (Å²) in [6, 6.07) is 4.37. The molecule has 2 aromatic rings. The van der Waals surface area contributed by atoms with Gasteiger partial charge in [0.1, 0.15) is 0 Å². The summed E-state index contributed by atoms with van der Waals surface area (Å²) in [5.74, 6) is 1.54. The van der Waals surface area contributed by atoms with Crippen LogP contribution in [0.15, 0.2) is 30.7 Å². The molecule has 0 radical (unpaired) electrons. The second-order valence-corrected chi connectivity index (χ2v) is 9.76. The molecular formula is C24H34N6O. The van der Waals surface area contributed by atoms with Gasteiger partial charge in [0.15, 0.2) is 0 Å². The lowest BCUT2D eigenvalue weighted by Gasteiger charge is -2.49. The molecule has 2 bridgehead atoms. The molecule has 1 saturated carbocycles. The maximum atomic E-state index is 12.8. The average molecular weight is 423 g/mol. The third-order valence-electron chi connectivity index (χ3n) is 7.61. The minimum Gasteiger partial charge on any atom is -0.352 e. The number of hydrogen-bond acceptors (Lipinski definition) is 5. The molecule has 1 amide bonds. The molecule has 7 nitrogen and oxygen atoms in total. The molecule has 0 aromatic carbocycles. The fourth-order valence-corrected chi connectivity index (χ4v) is 5.87. The molecule has 4 fully saturated rings. The minimum absolute atomic E-state index is 0.0966. The number of rotatable bonds is 7. The van der Waals surface area contributed by atoms with E-state index in [-0.39, 0.29) is 11.8 Å². The Morgan fingerprint density at radius 3 is 2.87 bits per heavy atom. The molecule has 5 heterocycles. The summed E-state index contributed by atoms with van der Waals surface area (Å²) in [7, 11) is 0. The summed E-state index contributed by atoms with van der Waals surface area (Å²) < 4.78 is 2.04. The number of fused-ring (bicyclic) bond motifs is 3. The molecule has 1 N–H and O–H groups in total. The van der Waals surface area contributed by atoms with Crippen LogP contribution < -0.4 is 5.32 Å². The topological polar surface area (TPSA) is 75.9 Å². The van der Waals surface area contributed by atoms with Crippen molar-refractivity contribution in [3.63, 3.8) is 0 Å². The zero-order valence-corrected chi connectivity index (χ0v) is 18.3. The number of amides is 1. The van der Waals surface area contributed by atoms with Crippen LogP contribution in [-0.4, -0.2) is 49.9 Å². The number of hydrogen-bond donors (Lipinski definition) is 1. The highest BCUT2D eigenvalue weighted by Gasteiger charge is 2.43. The van der Waals surface area contributed by atoms with E-state index >= 15 is 0 Å². The van der Waals surface area contributed by atoms with Crippen molar-refractivity contribution in [2.24, 2.45) is 17.8 Å². The maximum Gasteiger partial charge on any atom is 0.224 e. The first kappa shape index (κ1) is 20.6. The van der Waals surface area contributed by atoms with E-state index in [9.17, 15) is 4.79 Å². The Hall–Kier alpha value is -2.28. The van der Waals surface area contributed by atoms with Crippen molar-refractivity contribution in [1.29, 1.82) is 0 Å². The molecule has 1 aliphatic carbocycles. The first-order valence-corrected chi connectivity index (χ1v) is 12.0. The fraction of sp³-hybridized carbons (Fsp3) is 0.667. The Morgan fingerprint density at radius 2 is 2.10 bits per heavy atom. The highest BCUT2D eigenvalue weighted by molar-refractivity contribution is 5.79. The van der Waals surface area contributed by atoms with Crippen molar-refractivity contribution in [3.8, 4) is 0 Å². The summed E-state index contributed by atoms with van der Waals surface area (Å²) in [4.78, 5) is 19.5. The second kappa shape index (κ2) is 9.47. The number of nitrogens with zero attached hydrogens (tertiary/aromatic N) is 5. The normalized spacial score (nSPS) is 28.5. The van der Waals surface area contributed by atoms with Gasteiger partial charge in [-0.05, 0) is 49.3 Å². The standard InChI is InChI=1S/C24H34N6O/c31-24(26-14-19-7-4-9-25-13-19)23-17-29-10-8-20(23)12-22(29)16-30-15-21(27-28-30)11-18-5-2-1-3-6-18/h4,7,9,13,15,18,20,22-23H,1-3,5-6,8,10-12,14,16-17H2,(H,26,31)/t20-,22-,23-/m1/s1. The Balaban J connectivity index is 1.13. The Morgan fingerprint density at radius 1 is 1.19 bits per heavy atom. The van der Waals surface area contributed by atoms with Crippen LogP contribution in [0.3, 0.4) is 0 Å². The zero-order valence-electron chi connectivity index (χ0n) is 18.3. The predicted molar refractivity (Wildman–Crippen MR) is 118 cm³/mol. The van der Waals surface area contributed by atoms with E-state index in [1.165, 1.54) is 32.1 Å². The SMILES string of the molecule is O=C(NCc1cccnc1)[C@@H]1CN2CC[C@@H]1C[C@@H]2Cn1cc(CC2CCCCC2)nn1. The average Bonchev–Trinajstić information content (AvgIpc) is 3.26. The van der Waals surface area contributed by atoms with Gasteiger partial charge in [0, 0.05) is 37.7 Å². The molecule has 0 spiro atoms. The van der Waals surface area contributed by atoms with E-state index in [2.05, 4.69) is 31.7 Å². The maximum absolute atomic E-state index is 12.8. The Bertz CT molecular complexity index is 862. The van der Waals surface area contributed by atoms with E-state index in [1.54, 1.807) is 6.20 Å². The molecule has 7 heteroatoms. The highest BCUT2D eigenvalue weighted by atomic mass is 16.1. The summed E-state index contributed by atoms with van der Waals surface area (Å²) in [5.41, 5.74) is 2.20. The predicted octanol–water partition coefficient (Wildman–Crippen LogP) is 2.82. The molecular weight excluding hydrogens is 388 g/mol. The molecule has 3 aliphatic heterocycles. The number of nitrogens with one attached hydrogen (secondary N) is 1. The van der Waals surface area contributed by atoms with Crippen molar-refractivity contribution < 1.29 is 4.79 Å². The molecule has 4 aliphatic rings. The minimum atomic E-state index is 0.0966. The summed E-state index contributed by atoms with van der Waals surface area (Å²) in [6.07, 6.45) is 15.8. The van der Waals surface area contributed by atoms with Gasteiger partial charge in [0.05, 0.1) is 18.2 Å². The van der Waals surface area contributed by atoms with E-state index < -0.39 is 0 Å². The van der Waals surface area contributed by atoms with E-state index in [0.717, 1.165) is 56.1 Å². The zero-order chi connectivity index (χ0) is 21.0. The van der Waals surface area contributed by atoms with Crippen molar-refractivity contribution in [2.75, 3.05) is 13.1 Å². The second-order valence-electron chi connectivity index (χ2n) is 9.76. The molecule has 166 valence electrons. The molecule has 6 rings (SSSR count). The lowest BCUT2D eigenvalue weighted by atomic mass is 9.75. The lowest BCUT2D eigenvalue weighted by Crippen LogP contribution is -2.58. The smallest absolute Gasteiger partial charge is 0.224 e. The van der Waals surface area contributed by atoms with Gasteiger partial charge in [0.2, 0.25) is 5.91 Å². The Labute approximate surface area is 184 Å². The van der Waals surface area contributed by atoms with Gasteiger partial charge in [0.25, 0.3) is 0 Å².